The first kappa shape index (κ1) is 25.8. The van der Waals surface area contributed by atoms with Gasteiger partial charge in [0.15, 0.2) is 11.6 Å². The molecule has 5 rings (SSSR count). The van der Waals surface area contributed by atoms with Crippen LogP contribution in [0.2, 0.25) is 0 Å². The van der Waals surface area contributed by atoms with Crippen molar-refractivity contribution in [3.05, 3.63) is 78.5 Å². The largest absolute Gasteiger partial charge is 0.491 e. The monoisotopic (exact) mass is 527 g/mol. The molecule has 0 bridgehead atoms. The summed E-state index contributed by atoms with van der Waals surface area (Å²) in [5, 5.41) is 6.95. The number of anilines is 2. The first-order chi connectivity index (χ1) is 18.8. The minimum Gasteiger partial charge on any atom is -0.491 e. The van der Waals surface area contributed by atoms with Gasteiger partial charge in [-0.05, 0) is 56.9 Å². The minimum atomic E-state index is -0.363. The Balaban J connectivity index is 1.36. The first-order valence-corrected chi connectivity index (χ1v) is 12.7. The van der Waals surface area contributed by atoms with Crippen LogP contribution in [-0.2, 0) is 7.05 Å². The average molecular weight is 528 g/mol. The number of hydrogen-bond donors (Lipinski definition) is 1. The van der Waals surface area contributed by atoms with Gasteiger partial charge in [-0.15, -0.1) is 0 Å². The van der Waals surface area contributed by atoms with E-state index in [0.29, 0.717) is 46.9 Å². The molecule has 1 aliphatic rings. The fourth-order valence-electron chi connectivity index (χ4n) is 3.86. The van der Waals surface area contributed by atoms with Crippen molar-refractivity contribution in [2.24, 2.45) is 13.0 Å². The molecular weight excluding hydrogens is 498 g/mol. The Morgan fingerprint density at radius 3 is 2.54 bits per heavy atom. The summed E-state index contributed by atoms with van der Waals surface area (Å²) in [6.45, 7) is 4.34. The van der Waals surface area contributed by atoms with E-state index < -0.39 is 0 Å². The molecule has 1 aromatic carbocycles. The van der Waals surface area contributed by atoms with E-state index in [1.807, 2.05) is 13.8 Å². The highest BCUT2D eigenvalue weighted by Gasteiger charge is 2.29. The number of carbonyl (C=O) groups excluding carboxylic acids is 2. The SMILES string of the molecule is CC(C)Oc1cc(Oc2cnc(N(CC3CC3)C(=O)c3ccccn3)cn2)cc(C(=O)Nc2ccn(C)n2)c1. The van der Waals surface area contributed by atoms with E-state index in [9.17, 15) is 9.59 Å². The molecule has 0 aliphatic heterocycles. The van der Waals surface area contributed by atoms with Gasteiger partial charge in [-0.2, -0.15) is 5.10 Å². The third-order valence-corrected chi connectivity index (χ3v) is 5.85. The molecule has 39 heavy (non-hydrogen) atoms. The molecule has 0 spiro atoms. The summed E-state index contributed by atoms with van der Waals surface area (Å²) in [7, 11) is 1.77. The van der Waals surface area contributed by atoms with Gasteiger partial charge >= 0.3 is 0 Å². The molecule has 200 valence electrons. The summed E-state index contributed by atoms with van der Waals surface area (Å²) in [4.78, 5) is 40.7. The van der Waals surface area contributed by atoms with E-state index in [1.54, 1.807) is 71.5 Å². The molecule has 3 heterocycles. The predicted molar refractivity (Wildman–Crippen MR) is 144 cm³/mol. The van der Waals surface area contributed by atoms with Crippen LogP contribution in [0.15, 0.2) is 67.3 Å². The van der Waals surface area contributed by atoms with Crippen LogP contribution in [0.4, 0.5) is 11.6 Å². The number of hydrogen-bond acceptors (Lipinski definition) is 8. The standard InChI is InChI=1S/C28H29N7O4/c1-18(2)38-21-12-20(27(36)32-24-9-11-34(3)33-24)13-22(14-21)39-26-16-30-25(15-31-26)35(17-19-7-8-19)28(37)23-6-4-5-10-29-23/h4-6,9-16,18-19H,7-8,17H2,1-3H3,(H,32,33,36). The third kappa shape index (κ3) is 6.75. The summed E-state index contributed by atoms with van der Waals surface area (Å²) in [6, 6.07) is 11.8. The Kier molecular flexibility index (Phi) is 7.48. The number of aromatic nitrogens is 5. The fourth-order valence-corrected chi connectivity index (χ4v) is 3.86. The van der Waals surface area contributed by atoms with Gasteiger partial charge in [0.25, 0.3) is 11.8 Å². The molecule has 11 heteroatoms. The van der Waals surface area contributed by atoms with E-state index >= 15 is 0 Å². The molecule has 0 radical (unpaired) electrons. The highest BCUT2D eigenvalue weighted by Crippen LogP contribution is 2.32. The zero-order valence-electron chi connectivity index (χ0n) is 21.9. The fraction of sp³-hybridized carbons (Fsp3) is 0.286. The lowest BCUT2D eigenvalue weighted by atomic mass is 10.2. The maximum Gasteiger partial charge on any atom is 0.278 e. The second kappa shape index (κ2) is 11.3. The summed E-state index contributed by atoms with van der Waals surface area (Å²) in [6.07, 6.45) is 8.32. The van der Waals surface area contributed by atoms with Crippen LogP contribution in [0.3, 0.4) is 0 Å². The Morgan fingerprint density at radius 2 is 1.90 bits per heavy atom. The van der Waals surface area contributed by atoms with Crippen LogP contribution in [0.5, 0.6) is 17.4 Å². The second-order valence-corrected chi connectivity index (χ2v) is 9.58. The number of benzene rings is 1. The van der Waals surface area contributed by atoms with Crippen LogP contribution in [0, 0.1) is 5.92 Å². The Hall–Kier alpha value is -4.80. The van der Waals surface area contributed by atoms with E-state index in [4.69, 9.17) is 9.47 Å². The normalized spacial score (nSPS) is 12.7. The van der Waals surface area contributed by atoms with Crippen molar-refractivity contribution in [3.63, 3.8) is 0 Å². The lowest BCUT2D eigenvalue weighted by Crippen LogP contribution is -2.34. The summed E-state index contributed by atoms with van der Waals surface area (Å²) in [5.41, 5.74) is 0.675. The number of rotatable bonds is 10. The van der Waals surface area contributed by atoms with Gasteiger partial charge in [0, 0.05) is 43.7 Å². The van der Waals surface area contributed by atoms with E-state index in [-0.39, 0.29) is 23.8 Å². The molecule has 3 aromatic heterocycles. The van der Waals surface area contributed by atoms with E-state index in [1.165, 1.54) is 12.4 Å². The van der Waals surface area contributed by atoms with Gasteiger partial charge in [0.05, 0.1) is 18.5 Å². The number of ether oxygens (including phenoxy) is 2. The molecule has 4 aromatic rings. The molecule has 2 amide bonds. The number of amides is 2. The van der Waals surface area contributed by atoms with Crippen LogP contribution in [0.1, 0.15) is 47.5 Å². The van der Waals surface area contributed by atoms with Crippen molar-refractivity contribution in [3.8, 4) is 17.4 Å². The van der Waals surface area contributed by atoms with Crippen molar-refractivity contribution < 1.29 is 19.1 Å². The number of nitrogens with one attached hydrogen (secondary N) is 1. The second-order valence-electron chi connectivity index (χ2n) is 9.58. The molecule has 11 nitrogen and oxygen atoms in total. The van der Waals surface area contributed by atoms with E-state index in [2.05, 4.69) is 25.4 Å². The topological polar surface area (TPSA) is 124 Å². The van der Waals surface area contributed by atoms with Gasteiger partial charge in [-0.25, -0.2) is 9.97 Å². The molecule has 0 unspecified atom stereocenters. The van der Waals surface area contributed by atoms with Crippen LogP contribution < -0.4 is 19.7 Å². The molecule has 1 aliphatic carbocycles. The Bertz CT molecular complexity index is 1450. The summed E-state index contributed by atoms with van der Waals surface area (Å²) >= 11 is 0. The Morgan fingerprint density at radius 1 is 1.08 bits per heavy atom. The van der Waals surface area contributed by atoms with Gasteiger partial charge in [-0.3, -0.25) is 24.2 Å². The summed E-state index contributed by atoms with van der Waals surface area (Å²) in [5.74, 6) is 1.71. The van der Waals surface area contributed by atoms with Gasteiger partial charge in [0.2, 0.25) is 5.88 Å². The molecule has 1 N–H and O–H groups in total. The predicted octanol–water partition coefficient (Wildman–Crippen LogP) is 4.49. The lowest BCUT2D eigenvalue weighted by molar-refractivity contribution is 0.0978. The Labute approximate surface area is 225 Å². The van der Waals surface area contributed by atoms with Crippen LogP contribution in [-0.4, -0.2) is 49.2 Å². The first-order valence-electron chi connectivity index (χ1n) is 12.7. The quantitative estimate of drug-likeness (QED) is 0.320. The maximum absolute atomic E-state index is 13.2. The van der Waals surface area contributed by atoms with Crippen molar-refractivity contribution in [2.45, 2.75) is 32.8 Å². The zero-order chi connectivity index (χ0) is 27.4. The summed E-state index contributed by atoms with van der Waals surface area (Å²) < 4.78 is 13.4. The van der Waals surface area contributed by atoms with Crippen LogP contribution >= 0.6 is 0 Å². The van der Waals surface area contributed by atoms with Crippen molar-refractivity contribution >= 4 is 23.5 Å². The van der Waals surface area contributed by atoms with Gasteiger partial charge < -0.3 is 14.8 Å². The van der Waals surface area contributed by atoms with Crippen molar-refractivity contribution in [1.29, 1.82) is 0 Å². The molecular formula is C28H29N7O4. The lowest BCUT2D eigenvalue weighted by Gasteiger charge is -2.21. The highest BCUT2D eigenvalue weighted by atomic mass is 16.5. The molecule has 0 atom stereocenters. The molecule has 1 saturated carbocycles. The average Bonchev–Trinajstić information content (AvgIpc) is 3.66. The smallest absolute Gasteiger partial charge is 0.278 e. The third-order valence-electron chi connectivity index (χ3n) is 5.85. The van der Waals surface area contributed by atoms with Crippen molar-refractivity contribution in [2.75, 3.05) is 16.8 Å². The van der Waals surface area contributed by atoms with Crippen molar-refractivity contribution in [1.82, 2.24) is 24.7 Å². The molecule has 0 saturated heterocycles. The number of carbonyl (C=O) groups is 2. The highest BCUT2D eigenvalue weighted by molar-refractivity contribution is 6.04. The van der Waals surface area contributed by atoms with Gasteiger partial charge in [0.1, 0.15) is 17.2 Å². The molecule has 1 fully saturated rings. The number of pyridine rings is 1. The van der Waals surface area contributed by atoms with E-state index in [0.717, 1.165) is 12.8 Å². The number of nitrogens with zero attached hydrogens (tertiary/aromatic N) is 6. The number of aryl methyl sites for hydroxylation is 1. The zero-order valence-corrected chi connectivity index (χ0v) is 21.9. The minimum absolute atomic E-state index is 0.111. The maximum atomic E-state index is 13.2. The van der Waals surface area contributed by atoms with Crippen LogP contribution in [0.25, 0.3) is 0 Å². The van der Waals surface area contributed by atoms with Gasteiger partial charge in [-0.1, -0.05) is 6.07 Å².